The maximum atomic E-state index is 12.8. The first kappa shape index (κ1) is 32.7. The monoisotopic (exact) mass is 665 g/mol. The Balaban J connectivity index is 1.16. The van der Waals surface area contributed by atoms with E-state index < -0.39 is 0 Å². The molecule has 47 heavy (non-hydrogen) atoms. The number of hydrogen-bond donors (Lipinski definition) is 5. The van der Waals surface area contributed by atoms with Crippen LogP contribution in [0.25, 0.3) is 0 Å². The van der Waals surface area contributed by atoms with Crippen molar-refractivity contribution >= 4 is 52.6 Å². The van der Waals surface area contributed by atoms with Crippen molar-refractivity contribution in [2.45, 2.75) is 18.5 Å². The van der Waals surface area contributed by atoms with Gasteiger partial charge in [0.25, 0.3) is 5.91 Å². The van der Waals surface area contributed by atoms with E-state index in [2.05, 4.69) is 20.4 Å². The average Bonchev–Trinajstić information content (AvgIpc) is 3.06. The summed E-state index contributed by atoms with van der Waals surface area (Å²) in [6.45, 7) is 6.49. The van der Waals surface area contributed by atoms with Crippen molar-refractivity contribution < 1.29 is 19.4 Å². The third kappa shape index (κ3) is 8.36. The minimum atomic E-state index is -0.382. The van der Waals surface area contributed by atoms with Crippen LogP contribution in [0.2, 0.25) is 5.02 Å². The zero-order valence-corrected chi connectivity index (χ0v) is 26.8. The van der Waals surface area contributed by atoms with Crippen LogP contribution in [0, 0.1) is 0 Å². The number of piperazine rings is 1. The Morgan fingerprint density at radius 2 is 1.55 bits per heavy atom. The number of carbonyl (C=O) groups excluding carboxylic acids is 2. The van der Waals surface area contributed by atoms with Crippen LogP contribution >= 0.6 is 11.6 Å². The third-order valence-electron chi connectivity index (χ3n) is 8.40. The first-order valence-electron chi connectivity index (χ1n) is 15.7. The van der Waals surface area contributed by atoms with Crippen molar-refractivity contribution in [1.29, 1.82) is 0 Å². The number of nitrogens with one attached hydrogen (secondary N) is 2. The molecule has 15 nitrogen and oxygen atoms in total. The lowest BCUT2D eigenvalue weighted by molar-refractivity contribution is -0.136. The second-order valence-electron chi connectivity index (χ2n) is 12.0. The topological polar surface area (TPSA) is 191 Å². The number of carbonyl (C=O) groups is 2. The highest BCUT2D eigenvalue weighted by Gasteiger charge is 2.28. The number of nitrogens with two attached hydrogens (primary N) is 2. The van der Waals surface area contributed by atoms with Crippen molar-refractivity contribution in [1.82, 2.24) is 24.8 Å². The van der Waals surface area contributed by atoms with E-state index >= 15 is 0 Å². The van der Waals surface area contributed by atoms with E-state index in [1.807, 2.05) is 9.80 Å². The summed E-state index contributed by atoms with van der Waals surface area (Å²) in [5.74, 6) is 0.812. The molecule has 0 bridgehead atoms. The largest absolute Gasteiger partial charge is 0.506 e. The van der Waals surface area contributed by atoms with Gasteiger partial charge in [-0.15, -0.1) is 0 Å². The first-order chi connectivity index (χ1) is 22.7. The van der Waals surface area contributed by atoms with Crippen molar-refractivity contribution in [2.75, 3.05) is 92.5 Å². The van der Waals surface area contributed by atoms with E-state index in [-0.39, 0.29) is 41.3 Å². The van der Waals surface area contributed by atoms with Crippen LogP contribution in [0.15, 0.2) is 42.5 Å². The molecule has 0 saturated carbocycles. The maximum absolute atomic E-state index is 12.8. The summed E-state index contributed by atoms with van der Waals surface area (Å²) >= 11 is 5.93. The first-order valence-corrected chi connectivity index (χ1v) is 16.1. The Hall–Kier alpha value is -4.28. The Kier molecular flexibility index (Phi) is 10.2. The fraction of sp³-hybridized carbons (Fsp3) is 0.452. The van der Waals surface area contributed by atoms with Crippen LogP contribution in [0.4, 0.5) is 29.2 Å². The molecule has 4 heterocycles. The predicted molar refractivity (Wildman–Crippen MR) is 179 cm³/mol. The highest BCUT2D eigenvalue weighted by Crippen LogP contribution is 2.30. The number of ether oxygens (including phenoxy) is 1. The fourth-order valence-corrected chi connectivity index (χ4v) is 6.01. The zero-order valence-electron chi connectivity index (χ0n) is 26.0. The van der Waals surface area contributed by atoms with Gasteiger partial charge in [0.15, 0.2) is 0 Å². The smallest absolute Gasteiger partial charge is 0.255 e. The molecule has 2 aromatic carbocycles. The Morgan fingerprint density at radius 1 is 0.894 bits per heavy atom. The van der Waals surface area contributed by atoms with Crippen LogP contribution in [0.3, 0.4) is 0 Å². The third-order valence-corrected chi connectivity index (χ3v) is 8.65. The summed E-state index contributed by atoms with van der Waals surface area (Å²) in [5, 5.41) is 17.2. The SMILES string of the molecule is N[C@@H]1C[C@H](N)CN(c2nc(Nc3ccc(NC(=O)c4ccc(Cl)cc4)c(O)c3)nc(N3CCN(CC(=O)N4CCOCC4)CC3)n2)C1. The molecule has 1 aromatic heterocycles. The Bertz CT molecular complexity index is 1560. The quantitative estimate of drug-likeness (QED) is 0.215. The minimum Gasteiger partial charge on any atom is -0.506 e. The van der Waals surface area contributed by atoms with Gasteiger partial charge in [-0.05, 0) is 42.8 Å². The van der Waals surface area contributed by atoms with Gasteiger partial charge >= 0.3 is 0 Å². The van der Waals surface area contributed by atoms with E-state index in [1.54, 1.807) is 36.4 Å². The Labute approximate surface area is 277 Å². The summed E-state index contributed by atoms with van der Waals surface area (Å²) in [7, 11) is 0. The Morgan fingerprint density at radius 3 is 2.21 bits per heavy atom. The summed E-state index contributed by atoms with van der Waals surface area (Å²) in [4.78, 5) is 47.7. The lowest BCUT2D eigenvalue weighted by Crippen LogP contribution is -2.53. The standard InChI is InChI=1S/C31H40ClN11O4/c32-21-3-1-20(2-4-21)28(46)36-25-6-5-24(16-26(25)44)35-29-37-30(39-31(38-29)43-17-22(33)15-23(34)18-43)42-9-7-40(8-10-42)19-27(45)41-11-13-47-14-12-41/h1-6,16,22-23,44H,7-15,17-19,33-34H2,(H,36,46)(H,35,37,38,39)/t22-,23+. The number of nitrogens with zero attached hydrogens (tertiary/aromatic N) is 7. The van der Waals surface area contributed by atoms with E-state index in [9.17, 15) is 14.7 Å². The van der Waals surface area contributed by atoms with Crippen LogP contribution in [-0.4, -0.2) is 126 Å². The zero-order chi connectivity index (χ0) is 32.9. The van der Waals surface area contributed by atoms with Crippen LogP contribution in [0.1, 0.15) is 16.8 Å². The molecule has 250 valence electrons. The summed E-state index contributed by atoms with van der Waals surface area (Å²) < 4.78 is 5.37. The number of piperidine rings is 1. The molecule has 7 N–H and O–H groups in total. The van der Waals surface area contributed by atoms with Crippen molar-refractivity contribution in [3.8, 4) is 5.75 Å². The number of morpholine rings is 1. The molecule has 0 aliphatic carbocycles. The molecule has 3 saturated heterocycles. The van der Waals surface area contributed by atoms with Crippen LogP contribution in [0.5, 0.6) is 5.75 Å². The molecule has 3 aromatic rings. The van der Waals surface area contributed by atoms with Gasteiger partial charge in [-0.2, -0.15) is 15.0 Å². The van der Waals surface area contributed by atoms with Crippen molar-refractivity contribution in [3.05, 3.63) is 53.1 Å². The molecule has 3 fully saturated rings. The normalized spacial score (nSPS) is 20.6. The second kappa shape index (κ2) is 14.6. The van der Waals surface area contributed by atoms with Gasteiger partial charge in [-0.3, -0.25) is 14.5 Å². The van der Waals surface area contributed by atoms with Gasteiger partial charge in [0.2, 0.25) is 23.8 Å². The number of phenols is 1. The molecule has 0 spiro atoms. The molecule has 6 rings (SSSR count). The number of phenolic OH excluding ortho intramolecular Hbond substituents is 1. The highest BCUT2D eigenvalue weighted by atomic mass is 35.5. The van der Waals surface area contributed by atoms with Gasteiger partial charge in [0.1, 0.15) is 5.75 Å². The molecule has 3 aliphatic heterocycles. The van der Waals surface area contributed by atoms with E-state index in [4.69, 9.17) is 42.8 Å². The lowest BCUT2D eigenvalue weighted by Gasteiger charge is -2.37. The average molecular weight is 666 g/mol. The van der Waals surface area contributed by atoms with Gasteiger partial charge in [-0.25, -0.2) is 0 Å². The van der Waals surface area contributed by atoms with Gasteiger partial charge in [0.05, 0.1) is 25.4 Å². The highest BCUT2D eigenvalue weighted by molar-refractivity contribution is 6.30. The lowest BCUT2D eigenvalue weighted by atomic mass is 10.0. The number of amides is 2. The summed E-state index contributed by atoms with van der Waals surface area (Å²) in [5.41, 5.74) is 13.7. The molecular formula is C31H40ClN11O4. The van der Waals surface area contributed by atoms with Crippen molar-refractivity contribution in [2.24, 2.45) is 11.5 Å². The second-order valence-corrected chi connectivity index (χ2v) is 12.4. The van der Waals surface area contributed by atoms with Crippen LogP contribution < -0.4 is 31.9 Å². The molecular weight excluding hydrogens is 626 g/mol. The number of aromatic nitrogens is 3. The number of hydrogen-bond acceptors (Lipinski definition) is 13. The summed E-state index contributed by atoms with van der Waals surface area (Å²) in [6, 6.07) is 11.0. The molecule has 16 heteroatoms. The molecule has 0 radical (unpaired) electrons. The van der Waals surface area contributed by atoms with Gasteiger partial charge < -0.3 is 46.6 Å². The van der Waals surface area contributed by atoms with E-state index in [1.165, 1.54) is 6.07 Å². The maximum Gasteiger partial charge on any atom is 0.255 e. The number of anilines is 5. The fourth-order valence-electron chi connectivity index (χ4n) is 5.88. The molecule has 0 unspecified atom stereocenters. The number of aromatic hydroxyl groups is 1. The minimum absolute atomic E-state index is 0.115. The van der Waals surface area contributed by atoms with Gasteiger partial charge in [0, 0.05) is 86.8 Å². The van der Waals surface area contributed by atoms with Gasteiger partial charge in [-0.1, -0.05) is 11.6 Å². The molecule has 2 amide bonds. The van der Waals surface area contributed by atoms with E-state index in [0.717, 1.165) is 0 Å². The molecule has 3 aliphatic rings. The number of halogens is 1. The van der Waals surface area contributed by atoms with E-state index in [0.29, 0.717) is 107 Å². The molecule has 2 atom stereocenters. The summed E-state index contributed by atoms with van der Waals surface area (Å²) in [6.07, 6.45) is 0.713. The number of benzene rings is 2. The predicted octanol–water partition coefficient (Wildman–Crippen LogP) is 1.07. The van der Waals surface area contributed by atoms with Crippen LogP contribution in [-0.2, 0) is 9.53 Å². The van der Waals surface area contributed by atoms with Crippen molar-refractivity contribution in [3.63, 3.8) is 0 Å². The number of rotatable bonds is 8.